The van der Waals surface area contributed by atoms with Gasteiger partial charge in [0.25, 0.3) is 0 Å². The predicted octanol–water partition coefficient (Wildman–Crippen LogP) is 1.80. The van der Waals surface area contributed by atoms with Gasteiger partial charge in [-0.15, -0.1) is 0 Å². The number of hydrogen-bond acceptors (Lipinski definition) is 4. The van der Waals surface area contributed by atoms with Crippen molar-refractivity contribution in [3.8, 4) is 0 Å². The van der Waals surface area contributed by atoms with Crippen molar-refractivity contribution >= 4 is 21.6 Å². The summed E-state index contributed by atoms with van der Waals surface area (Å²) in [6, 6.07) is 4.84. The third-order valence-corrected chi connectivity index (χ3v) is 5.18. The molecule has 1 aliphatic heterocycles. The summed E-state index contributed by atoms with van der Waals surface area (Å²) in [6.45, 7) is 4.21. The molecule has 6 nitrogen and oxygen atoms in total. The molecule has 0 aliphatic carbocycles. The van der Waals surface area contributed by atoms with Crippen LogP contribution in [0.4, 0.5) is 5.69 Å². The van der Waals surface area contributed by atoms with Crippen molar-refractivity contribution in [2.45, 2.75) is 44.1 Å². The van der Waals surface area contributed by atoms with Gasteiger partial charge in [0.15, 0.2) is 0 Å². The van der Waals surface area contributed by atoms with Crippen LogP contribution in [-0.4, -0.2) is 33.6 Å². The summed E-state index contributed by atoms with van der Waals surface area (Å²) in [5.74, 6) is -0.237. The maximum atomic E-state index is 12.4. The van der Waals surface area contributed by atoms with Crippen molar-refractivity contribution in [1.29, 1.82) is 0 Å². The molecule has 1 aromatic carbocycles. The number of hydrogen-bond donors (Lipinski definition) is 2. The van der Waals surface area contributed by atoms with Gasteiger partial charge in [0.05, 0.1) is 11.0 Å². The van der Waals surface area contributed by atoms with E-state index >= 15 is 0 Å². The highest BCUT2D eigenvalue weighted by Gasteiger charge is 2.20. The number of anilines is 1. The van der Waals surface area contributed by atoms with E-state index < -0.39 is 10.0 Å². The molecule has 1 amide bonds. The molecule has 2 N–H and O–H groups in total. The highest BCUT2D eigenvalue weighted by molar-refractivity contribution is 7.89. The Balaban J connectivity index is 2.05. The van der Waals surface area contributed by atoms with Gasteiger partial charge in [-0.1, -0.05) is 6.07 Å². The topological polar surface area (TPSA) is 84.5 Å². The Hall–Kier alpha value is -1.44. The molecule has 1 fully saturated rings. The van der Waals surface area contributed by atoms with Crippen molar-refractivity contribution in [2.24, 2.45) is 0 Å². The summed E-state index contributed by atoms with van der Waals surface area (Å²) in [6.07, 6.45) is 2.84. The smallest absolute Gasteiger partial charge is 0.240 e. The van der Waals surface area contributed by atoms with Crippen molar-refractivity contribution < 1.29 is 17.9 Å². The maximum absolute atomic E-state index is 12.4. The Bertz CT molecular complexity index is 637. The zero-order chi connectivity index (χ0) is 16.2. The predicted molar refractivity (Wildman–Crippen MR) is 84.3 cm³/mol. The van der Waals surface area contributed by atoms with Crippen LogP contribution in [0.5, 0.6) is 0 Å². The molecular formula is C15H22N2O4S. The van der Waals surface area contributed by atoms with Crippen molar-refractivity contribution in [1.82, 2.24) is 4.72 Å². The molecule has 2 rings (SSSR count). The minimum atomic E-state index is -3.60. The fraction of sp³-hybridized carbons (Fsp3) is 0.533. The van der Waals surface area contributed by atoms with E-state index in [2.05, 4.69) is 10.0 Å². The molecule has 1 aromatic rings. The molecule has 0 aromatic heterocycles. The van der Waals surface area contributed by atoms with Crippen LogP contribution in [0.15, 0.2) is 23.1 Å². The van der Waals surface area contributed by atoms with Gasteiger partial charge in [-0.25, -0.2) is 13.1 Å². The van der Waals surface area contributed by atoms with Crippen LogP contribution in [-0.2, 0) is 19.6 Å². The molecule has 7 heteroatoms. The van der Waals surface area contributed by atoms with E-state index in [0.717, 1.165) is 19.4 Å². The standard InChI is InChI=1S/C15H22N2O4S/c1-11-5-6-13(17-12(2)18)10-15(11)22(19,20)16-8-7-14-4-3-9-21-14/h5-6,10,14,16H,3-4,7-9H2,1-2H3,(H,17,18)/t14-/m0/s1. The molecular weight excluding hydrogens is 304 g/mol. The number of aryl methyl sites for hydroxylation is 1. The van der Waals surface area contributed by atoms with Crippen molar-refractivity contribution in [3.63, 3.8) is 0 Å². The van der Waals surface area contributed by atoms with E-state index in [9.17, 15) is 13.2 Å². The first-order valence-corrected chi connectivity index (χ1v) is 8.86. The van der Waals surface area contributed by atoms with Crippen LogP contribution in [0.2, 0.25) is 0 Å². The molecule has 0 unspecified atom stereocenters. The Labute approximate surface area is 131 Å². The maximum Gasteiger partial charge on any atom is 0.240 e. The first-order valence-electron chi connectivity index (χ1n) is 7.38. The first kappa shape index (κ1) is 16.9. The molecule has 0 bridgehead atoms. The largest absolute Gasteiger partial charge is 0.378 e. The Morgan fingerprint density at radius 2 is 2.18 bits per heavy atom. The average Bonchev–Trinajstić information content (AvgIpc) is 2.93. The number of nitrogens with one attached hydrogen (secondary N) is 2. The molecule has 122 valence electrons. The van der Waals surface area contributed by atoms with Crippen molar-refractivity contribution in [2.75, 3.05) is 18.5 Å². The lowest BCUT2D eigenvalue weighted by molar-refractivity contribution is -0.114. The third-order valence-electron chi connectivity index (χ3n) is 3.58. The van der Waals surface area contributed by atoms with Gasteiger partial charge in [-0.2, -0.15) is 0 Å². The Morgan fingerprint density at radius 1 is 1.41 bits per heavy atom. The van der Waals surface area contributed by atoms with E-state index in [1.54, 1.807) is 19.1 Å². The van der Waals surface area contributed by atoms with Gasteiger partial charge >= 0.3 is 0 Å². The summed E-state index contributed by atoms with van der Waals surface area (Å²) in [5, 5.41) is 2.59. The second-order valence-electron chi connectivity index (χ2n) is 5.48. The average molecular weight is 326 g/mol. The summed E-state index contributed by atoms with van der Waals surface area (Å²) < 4.78 is 32.9. The fourth-order valence-electron chi connectivity index (χ4n) is 2.47. The van der Waals surface area contributed by atoms with E-state index in [1.807, 2.05) is 0 Å². The highest BCUT2D eigenvalue weighted by atomic mass is 32.2. The molecule has 0 radical (unpaired) electrons. The summed E-state index contributed by atoms with van der Waals surface area (Å²) in [4.78, 5) is 11.3. The summed E-state index contributed by atoms with van der Waals surface area (Å²) in [7, 11) is -3.60. The number of sulfonamides is 1. The number of rotatable bonds is 6. The summed E-state index contributed by atoms with van der Waals surface area (Å²) in [5.41, 5.74) is 1.11. The zero-order valence-corrected chi connectivity index (χ0v) is 13.7. The van der Waals surface area contributed by atoms with E-state index in [1.165, 1.54) is 13.0 Å². The quantitative estimate of drug-likeness (QED) is 0.835. The van der Waals surface area contributed by atoms with Gasteiger partial charge in [-0.05, 0) is 43.9 Å². The molecule has 1 aliphatic rings. The summed E-state index contributed by atoms with van der Waals surface area (Å²) >= 11 is 0. The van der Waals surface area contributed by atoms with Crippen LogP contribution >= 0.6 is 0 Å². The molecule has 22 heavy (non-hydrogen) atoms. The molecule has 1 atom stereocenters. The number of benzene rings is 1. The fourth-order valence-corrected chi connectivity index (χ4v) is 3.79. The number of carbonyl (C=O) groups is 1. The van der Waals surface area contributed by atoms with Gasteiger partial charge in [0, 0.05) is 25.8 Å². The molecule has 1 saturated heterocycles. The van der Waals surface area contributed by atoms with Crippen LogP contribution in [0.1, 0.15) is 31.7 Å². The lowest BCUT2D eigenvalue weighted by atomic mass is 10.2. The van der Waals surface area contributed by atoms with Crippen molar-refractivity contribution in [3.05, 3.63) is 23.8 Å². The molecule has 0 saturated carbocycles. The zero-order valence-electron chi connectivity index (χ0n) is 12.9. The second kappa shape index (κ2) is 7.21. The van der Waals surface area contributed by atoms with Crippen LogP contribution in [0.3, 0.4) is 0 Å². The molecule has 0 spiro atoms. The number of ether oxygens (including phenoxy) is 1. The molecule has 1 heterocycles. The van der Waals surface area contributed by atoms with Gasteiger partial charge in [0.2, 0.25) is 15.9 Å². The van der Waals surface area contributed by atoms with E-state index in [0.29, 0.717) is 24.2 Å². The Kier molecular flexibility index (Phi) is 5.55. The number of carbonyl (C=O) groups excluding carboxylic acids is 1. The van der Waals surface area contributed by atoms with Crippen LogP contribution in [0, 0.1) is 6.92 Å². The lowest BCUT2D eigenvalue weighted by Crippen LogP contribution is -2.28. The third kappa shape index (κ3) is 4.53. The van der Waals surface area contributed by atoms with Gasteiger partial charge in [0.1, 0.15) is 0 Å². The lowest BCUT2D eigenvalue weighted by Gasteiger charge is -2.13. The Morgan fingerprint density at radius 3 is 2.82 bits per heavy atom. The normalized spacial score (nSPS) is 18.4. The second-order valence-corrected chi connectivity index (χ2v) is 7.22. The monoisotopic (exact) mass is 326 g/mol. The van der Waals surface area contributed by atoms with Crippen LogP contribution in [0.25, 0.3) is 0 Å². The first-order chi connectivity index (χ1) is 10.4. The van der Waals surface area contributed by atoms with Crippen LogP contribution < -0.4 is 10.0 Å². The van der Waals surface area contributed by atoms with Gasteiger partial charge in [-0.3, -0.25) is 4.79 Å². The van der Waals surface area contributed by atoms with Gasteiger partial charge < -0.3 is 10.1 Å². The minimum absolute atomic E-state index is 0.148. The minimum Gasteiger partial charge on any atom is -0.378 e. The van der Waals surface area contributed by atoms with E-state index in [-0.39, 0.29) is 16.9 Å². The van der Waals surface area contributed by atoms with E-state index in [4.69, 9.17) is 4.74 Å². The number of amides is 1. The highest BCUT2D eigenvalue weighted by Crippen LogP contribution is 2.20. The SMILES string of the molecule is CC(=O)Nc1ccc(C)c(S(=O)(=O)NCC[C@@H]2CCCO2)c1.